The lowest BCUT2D eigenvalue weighted by Crippen LogP contribution is -2.34. The van der Waals surface area contributed by atoms with Gasteiger partial charge in [-0.2, -0.15) is 0 Å². The van der Waals surface area contributed by atoms with Gasteiger partial charge in [0.15, 0.2) is 0 Å². The third-order valence-electron chi connectivity index (χ3n) is 3.81. The minimum absolute atomic E-state index is 0.935. The summed E-state index contributed by atoms with van der Waals surface area (Å²) in [7, 11) is 0. The molecule has 3 heterocycles. The van der Waals surface area contributed by atoms with Crippen molar-refractivity contribution in [2.75, 3.05) is 31.1 Å². The van der Waals surface area contributed by atoms with E-state index in [1.807, 2.05) is 24.7 Å². The van der Waals surface area contributed by atoms with E-state index in [1.54, 1.807) is 11.8 Å². The molecule has 0 radical (unpaired) electrons. The van der Waals surface area contributed by atoms with Crippen LogP contribution in [0.2, 0.25) is 0 Å². The number of hydrogen-bond donors (Lipinski definition) is 0. The molecule has 3 rings (SSSR count). The molecule has 0 atom stereocenters. The molecule has 0 bridgehead atoms. The fraction of sp³-hybridized carbons (Fsp3) is 0.375. The first-order valence-corrected chi connectivity index (χ1v) is 8.22. The fourth-order valence-electron chi connectivity index (χ4n) is 2.57. The van der Waals surface area contributed by atoms with Crippen molar-refractivity contribution in [2.24, 2.45) is 0 Å². The zero-order valence-corrected chi connectivity index (χ0v) is 13.3. The molecule has 5 heteroatoms. The smallest absolute Gasteiger partial charge is 0.147 e. The summed E-state index contributed by atoms with van der Waals surface area (Å²) in [5.74, 6) is 1.05. The molecule has 2 aromatic rings. The molecule has 2 aromatic heterocycles. The predicted octanol–water partition coefficient (Wildman–Crippen LogP) is 3.42. The topological polar surface area (TPSA) is 32.3 Å². The molecule has 0 saturated carbocycles. The Labute approximate surface area is 130 Å². The summed E-state index contributed by atoms with van der Waals surface area (Å²) < 4.78 is 0. The summed E-state index contributed by atoms with van der Waals surface area (Å²) in [6.45, 7) is 8.53. The van der Waals surface area contributed by atoms with Crippen molar-refractivity contribution >= 4 is 23.3 Å². The van der Waals surface area contributed by atoms with E-state index in [-0.39, 0.29) is 0 Å². The van der Waals surface area contributed by atoms with Crippen molar-refractivity contribution in [2.45, 2.75) is 23.6 Å². The molecule has 0 aromatic carbocycles. The lowest BCUT2D eigenvalue weighted by atomic mass is 10.3. The average Bonchev–Trinajstić information content (AvgIpc) is 2.54. The van der Waals surface area contributed by atoms with Crippen LogP contribution in [0.3, 0.4) is 0 Å². The SMILES string of the molecule is CCN(CC)CCN1c2cnccc2Sc2cccnc21. The van der Waals surface area contributed by atoms with Gasteiger partial charge in [0.25, 0.3) is 0 Å². The van der Waals surface area contributed by atoms with Crippen LogP contribution in [0, 0.1) is 0 Å². The number of fused-ring (bicyclic) bond motifs is 2. The molecule has 0 unspecified atom stereocenters. The Morgan fingerprint density at radius 2 is 2.00 bits per heavy atom. The number of pyridine rings is 2. The first-order chi connectivity index (χ1) is 10.3. The van der Waals surface area contributed by atoms with E-state index >= 15 is 0 Å². The van der Waals surface area contributed by atoms with Gasteiger partial charge in [-0.05, 0) is 31.3 Å². The second-order valence-electron chi connectivity index (χ2n) is 4.95. The number of aromatic nitrogens is 2. The number of nitrogens with zero attached hydrogens (tertiary/aromatic N) is 4. The average molecular weight is 300 g/mol. The van der Waals surface area contributed by atoms with E-state index in [9.17, 15) is 0 Å². The molecular formula is C16H20N4S. The molecule has 0 fully saturated rings. The normalized spacial score (nSPS) is 13.2. The van der Waals surface area contributed by atoms with Gasteiger partial charge < -0.3 is 9.80 Å². The standard InChI is InChI=1S/C16H20N4S/c1-3-19(4-2)10-11-20-13-12-17-9-7-14(13)21-15-6-5-8-18-16(15)20/h5-9,12H,3-4,10-11H2,1-2H3. The van der Waals surface area contributed by atoms with Crippen LogP contribution in [0.5, 0.6) is 0 Å². The van der Waals surface area contributed by atoms with Gasteiger partial charge in [-0.1, -0.05) is 25.6 Å². The highest BCUT2D eigenvalue weighted by Crippen LogP contribution is 2.46. The van der Waals surface area contributed by atoms with Gasteiger partial charge in [0, 0.05) is 30.4 Å². The number of anilines is 2. The molecule has 1 aliphatic rings. The molecule has 110 valence electrons. The molecule has 0 aliphatic carbocycles. The first-order valence-electron chi connectivity index (χ1n) is 7.40. The zero-order chi connectivity index (χ0) is 14.7. The summed E-state index contributed by atoms with van der Waals surface area (Å²) in [6, 6.07) is 6.22. The minimum Gasteiger partial charge on any atom is -0.322 e. The van der Waals surface area contributed by atoms with E-state index in [2.05, 4.69) is 45.7 Å². The number of hydrogen-bond acceptors (Lipinski definition) is 5. The molecule has 0 N–H and O–H groups in total. The van der Waals surface area contributed by atoms with Crippen LogP contribution < -0.4 is 4.90 Å². The van der Waals surface area contributed by atoms with E-state index in [0.29, 0.717) is 0 Å². The van der Waals surface area contributed by atoms with Crippen LogP contribution in [0.25, 0.3) is 0 Å². The second kappa shape index (κ2) is 6.45. The molecule has 0 amide bonds. The Kier molecular flexibility index (Phi) is 4.41. The van der Waals surface area contributed by atoms with Gasteiger partial charge >= 0.3 is 0 Å². The van der Waals surface area contributed by atoms with Crippen LogP contribution >= 0.6 is 11.8 Å². The molecule has 4 nitrogen and oxygen atoms in total. The Hall–Kier alpha value is -1.59. The van der Waals surface area contributed by atoms with Gasteiger partial charge in [0.1, 0.15) is 5.82 Å². The zero-order valence-electron chi connectivity index (χ0n) is 12.5. The Bertz CT molecular complexity index is 567. The highest BCUT2D eigenvalue weighted by Gasteiger charge is 2.24. The summed E-state index contributed by atoms with van der Waals surface area (Å²) in [5, 5.41) is 0. The summed E-state index contributed by atoms with van der Waals surface area (Å²) in [5.41, 5.74) is 1.17. The maximum absolute atomic E-state index is 4.59. The predicted molar refractivity (Wildman–Crippen MR) is 87.4 cm³/mol. The number of rotatable bonds is 5. The second-order valence-corrected chi connectivity index (χ2v) is 6.03. The summed E-state index contributed by atoms with van der Waals surface area (Å²) in [6.07, 6.45) is 5.67. The molecule has 1 aliphatic heterocycles. The third-order valence-corrected chi connectivity index (χ3v) is 4.92. The molecule has 0 spiro atoms. The lowest BCUT2D eigenvalue weighted by molar-refractivity contribution is 0.311. The monoisotopic (exact) mass is 300 g/mol. The number of likely N-dealkylation sites (N-methyl/N-ethyl adjacent to an activating group) is 1. The minimum atomic E-state index is 0.935. The fourth-order valence-corrected chi connectivity index (χ4v) is 3.60. The van der Waals surface area contributed by atoms with Gasteiger partial charge in [-0.15, -0.1) is 0 Å². The van der Waals surface area contributed by atoms with Crippen LogP contribution in [0.15, 0.2) is 46.6 Å². The highest BCUT2D eigenvalue weighted by atomic mass is 32.2. The van der Waals surface area contributed by atoms with Crippen molar-refractivity contribution in [3.63, 3.8) is 0 Å². The van der Waals surface area contributed by atoms with Gasteiger partial charge in [-0.3, -0.25) is 4.98 Å². The van der Waals surface area contributed by atoms with Crippen molar-refractivity contribution in [1.82, 2.24) is 14.9 Å². The van der Waals surface area contributed by atoms with Crippen LogP contribution in [-0.4, -0.2) is 41.0 Å². The van der Waals surface area contributed by atoms with Crippen molar-refractivity contribution in [3.8, 4) is 0 Å². The van der Waals surface area contributed by atoms with Gasteiger partial charge in [0.2, 0.25) is 0 Å². The van der Waals surface area contributed by atoms with Gasteiger partial charge in [-0.25, -0.2) is 4.98 Å². The Morgan fingerprint density at radius 3 is 2.81 bits per heavy atom. The van der Waals surface area contributed by atoms with Crippen molar-refractivity contribution in [3.05, 3.63) is 36.8 Å². The quantitative estimate of drug-likeness (QED) is 0.845. The van der Waals surface area contributed by atoms with Crippen molar-refractivity contribution in [1.29, 1.82) is 0 Å². The molecular weight excluding hydrogens is 280 g/mol. The largest absolute Gasteiger partial charge is 0.322 e. The molecule has 0 saturated heterocycles. The maximum atomic E-state index is 4.59. The Morgan fingerprint density at radius 1 is 1.14 bits per heavy atom. The summed E-state index contributed by atoms with van der Waals surface area (Å²) in [4.78, 5) is 16.1. The van der Waals surface area contributed by atoms with Crippen LogP contribution in [-0.2, 0) is 0 Å². The Balaban J connectivity index is 1.91. The first kappa shape index (κ1) is 14.4. The van der Waals surface area contributed by atoms with E-state index in [1.165, 1.54) is 15.5 Å². The van der Waals surface area contributed by atoms with Crippen LogP contribution in [0.1, 0.15) is 13.8 Å². The third kappa shape index (κ3) is 2.89. The summed E-state index contributed by atoms with van der Waals surface area (Å²) >= 11 is 1.77. The van der Waals surface area contributed by atoms with Gasteiger partial charge in [0.05, 0.1) is 16.8 Å². The lowest BCUT2D eigenvalue weighted by Gasteiger charge is -2.32. The van der Waals surface area contributed by atoms with E-state index in [0.717, 1.165) is 32.0 Å². The van der Waals surface area contributed by atoms with Crippen LogP contribution in [0.4, 0.5) is 11.5 Å². The van der Waals surface area contributed by atoms with Crippen molar-refractivity contribution < 1.29 is 0 Å². The molecule has 21 heavy (non-hydrogen) atoms. The highest BCUT2D eigenvalue weighted by molar-refractivity contribution is 7.99. The maximum Gasteiger partial charge on any atom is 0.147 e. The van der Waals surface area contributed by atoms with E-state index in [4.69, 9.17) is 0 Å². The van der Waals surface area contributed by atoms with E-state index < -0.39 is 0 Å².